The van der Waals surface area contributed by atoms with E-state index < -0.39 is 0 Å². The molecule has 0 aliphatic heterocycles. The van der Waals surface area contributed by atoms with Gasteiger partial charge in [0, 0.05) is 0 Å². The smallest absolute Gasteiger partial charge is 0.112 e. The highest BCUT2D eigenvalue weighted by Gasteiger charge is 1.90. The second-order valence-electron chi connectivity index (χ2n) is 3.56. The first-order chi connectivity index (χ1) is 8.26. The Hall–Kier alpha value is -2.27. The molecular weight excluding hydrogens is 210 g/mol. The molecule has 0 fully saturated rings. The third-order valence-corrected chi connectivity index (χ3v) is 2.17. The second-order valence-corrected chi connectivity index (χ2v) is 3.56. The van der Waals surface area contributed by atoms with Crippen molar-refractivity contribution in [2.75, 3.05) is 0 Å². The molecule has 0 atom stereocenters. The topological polar surface area (TPSA) is 33.0 Å². The maximum atomic E-state index is 8.62. The SMILES string of the molecule is C=C/C(C#N)=C\C=C\OCc1ccc(C)cc1. The molecule has 1 aromatic carbocycles. The highest BCUT2D eigenvalue weighted by atomic mass is 16.5. The largest absolute Gasteiger partial charge is 0.497 e. The van der Waals surface area contributed by atoms with Crippen LogP contribution in [0.15, 0.2) is 60.9 Å². The number of benzene rings is 1. The van der Waals surface area contributed by atoms with E-state index in [-0.39, 0.29) is 0 Å². The van der Waals surface area contributed by atoms with Crippen molar-refractivity contribution in [1.29, 1.82) is 5.26 Å². The molecule has 0 unspecified atom stereocenters. The number of allylic oxidation sites excluding steroid dienone is 4. The van der Waals surface area contributed by atoms with E-state index in [1.54, 1.807) is 18.4 Å². The minimum absolute atomic E-state index is 0.514. The molecule has 2 heteroatoms. The highest BCUT2D eigenvalue weighted by molar-refractivity contribution is 5.34. The van der Waals surface area contributed by atoms with Gasteiger partial charge in [0.2, 0.25) is 0 Å². The first-order valence-electron chi connectivity index (χ1n) is 5.33. The molecular formula is C15H15NO. The summed E-state index contributed by atoms with van der Waals surface area (Å²) in [5.74, 6) is 0. The van der Waals surface area contributed by atoms with Crippen LogP contribution in [0.3, 0.4) is 0 Å². The van der Waals surface area contributed by atoms with Gasteiger partial charge in [-0.2, -0.15) is 5.26 Å². The van der Waals surface area contributed by atoms with E-state index in [0.29, 0.717) is 12.2 Å². The van der Waals surface area contributed by atoms with Gasteiger partial charge < -0.3 is 4.74 Å². The average Bonchev–Trinajstić information content (AvgIpc) is 2.36. The van der Waals surface area contributed by atoms with Gasteiger partial charge in [0.25, 0.3) is 0 Å². The molecule has 0 aliphatic carbocycles. The van der Waals surface area contributed by atoms with E-state index in [9.17, 15) is 0 Å². The standard InChI is InChI=1S/C15H15NO/c1-3-14(11-16)5-4-10-17-12-15-8-6-13(2)7-9-15/h3-10H,1,12H2,2H3/b10-4+,14-5+. The van der Waals surface area contributed by atoms with Crippen LogP contribution in [0.2, 0.25) is 0 Å². The van der Waals surface area contributed by atoms with E-state index in [2.05, 4.69) is 6.58 Å². The molecule has 0 saturated carbocycles. The van der Waals surface area contributed by atoms with Crippen molar-refractivity contribution in [3.8, 4) is 6.07 Å². The fraction of sp³-hybridized carbons (Fsp3) is 0.133. The Morgan fingerprint density at radius 1 is 1.41 bits per heavy atom. The van der Waals surface area contributed by atoms with Gasteiger partial charge in [-0.15, -0.1) is 0 Å². The molecule has 17 heavy (non-hydrogen) atoms. The predicted molar refractivity (Wildman–Crippen MR) is 69.0 cm³/mol. The molecule has 0 spiro atoms. The Morgan fingerprint density at radius 3 is 2.71 bits per heavy atom. The van der Waals surface area contributed by atoms with Crippen molar-refractivity contribution in [3.63, 3.8) is 0 Å². The monoisotopic (exact) mass is 225 g/mol. The summed E-state index contributed by atoms with van der Waals surface area (Å²) in [5.41, 5.74) is 2.87. The lowest BCUT2D eigenvalue weighted by Crippen LogP contribution is -1.86. The first-order valence-corrected chi connectivity index (χ1v) is 5.33. The number of rotatable bonds is 5. The zero-order valence-electron chi connectivity index (χ0n) is 9.89. The maximum Gasteiger partial charge on any atom is 0.112 e. The molecule has 0 N–H and O–H groups in total. The van der Waals surface area contributed by atoms with Crippen molar-refractivity contribution in [1.82, 2.24) is 0 Å². The third-order valence-electron chi connectivity index (χ3n) is 2.17. The molecule has 0 amide bonds. The quantitative estimate of drug-likeness (QED) is 0.435. The average molecular weight is 225 g/mol. The van der Waals surface area contributed by atoms with E-state index in [1.165, 1.54) is 11.6 Å². The van der Waals surface area contributed by atoms with Crippen LogP contribution in [0.5, 0.6) is 0 Å². The van der Waals surface area contributed by atoms with Crippen LogP contribution >= 0.6 is 0 Å². The summed E-state index contributed by atoms with van der Waals surface area (Å²) in [6.45, 7) is 6.10. The number of ether oxygens (including phenoxy) is 1. The lowest BCUT2D eigenvalue weighted by molar-refractivity contribution is 0.236. The zero-order valence-corrected chi connectivity index (χ0v) is 9.89. The molecule has 1 rings (SSSR count). The van der Waals surface area contributed by atoms with E-state index >= 15 is 0 Å². The summed E-state index contributed by atoms with van der Waals surface area (Å²) >= 11 is 0. The maximum absolute atomic E-state index is 8.62. The van der Waals surface area contributed by atoms with Crippen molar-refractivity contribution in [2.45, 2.75) is 13.5 Å². The number of nitriles is 1. The van der Waals surface area contributed by atoms with Gasteiger partial charge in [0.15, 0.2) is 0 Å². The predicted octanol–water partition coefficient (Wildman–Crippen LogP) is 3.66. The molecule has 0 radical (unpaired) electrons. The van der Waals surface area contributed by atoms with Crippen molar-refractivity contribution < 1.29 is 4.74 Å². The van der Waals surface area contributed by atoms with Gasteiger partial charge in [-0.05, 0) is 24.6 Å². The fourth-order valence-electron chi connectivity index (χ4n) is 1.18. The molecule has 0 bridgehead atoms. The molecule has 1 aromatic rings. The summed E-state index contributed by atoms with van der Waals surface area (Å²) in [6, 6.07) is 10.2. The lowest BCUT2D eigenvalue weighted by atomic mass is 10.2. The molecule has 0 aromatic heterocycles. The number of aryl methyl sites for hydroxylation is 1. The van der Waals surface area contributed by atoms with Crippen LogP contribution in [-0.2, 0) is 11.3 Å². The van der Waals surface area contributed by atoms with Crippen LogP contribution in [-0.4, -0.2) is 0 Å². The van der Waals surface area contributed by atoms with Crippen LogP contribution in [0, 0.1) is 18.3 Å². The Balaban J connectivity index is 2.40. The third kappa shape index (κ3) is 4.85. The normalized spacial score (nSPS) is 11.2. The Labute approximate surface area is 102 Å². The van der Waals surface area contributed by atoms with Crippen molar-refractivity contribution >= 4 is 0 Å². The summed E-state index contributed by atoms with van der Waals surface area (Å²) in [5, 5.41) is 8.62. The van der Waals surface area contributed by atoms with Crippen LogP contribution in [0.25, 0.3) is 0 Å². The van der Waals surface area contributed by atoms with Crippen LogP contribution in [0.4, 0.5) is 0 Å². The molecule has 0 aliphatic rings. The van der Waals surface area contributed by atoms with Crippen LogP contribution < -0.4 is 0 Å². The summed E-state index contributed by atoms with van der Waals surface area (Å²) < 4.78 is 5.33. The number of nitrogens with zero attached hydrogens (tertiary/aromatic N) is 1. The van der Waals surface area contributed by atoms with Gasteiger partial charge in [-0.1, -0.05) is 42.5 Å². The van der Waals surface area contributed by atoms with Gasteiger partial charge in [0.1, 0.15) is 6.61 Å². The van der Waals surface area contributed by atoms with E-state index in [1.807, 2.05) is 37.3 Å². The Bertz CT molecular complexity index is 461. The summed E-state index contributed by atoms with van der Waals surface area (Å²) in [4.78, 5) is 0. The van der Waals surface area contributed by atoms with Crippen molar-refractivity contribution in [3.05, 3.63) is 72.0 Å². The van der Waals surface area contributed by atoms with Gasteiger partial charge in [0.05, 0.1) is 17.9 Å². The Morgan fingerprint density at radius 2 is 2.12 bits per heavy atom. The first kappa shape index (κ1) is 12.8. The summed E-state index contributed by atoms with van der Waals surface area (Å²) in [7, 11) is 0. The highest BCUT2D eigenvalue weighted by Crippen LogP contribution is 2.04. The van der Waals surface area contributed by atoms with Gasteiger partial charge in [-0.25, -0.2) is 0 Å². The Kier molecular flexibility index (Phi) is 5.33. The molecule has 86 valence electrons. The minimum atomic E-state index is 0.514. The second kappa shape index (κ2) is 7.08. The lowest BCUT2D eigenvalue weighted by Gasteiger charge is -2.00. The van der Waals surface area contributed by atoms with Gasteiger partial charge >= 0.3 is 0 Å². The fourth-order valence-corrected chi connectivity index (χ4v) is 1.18. The van der Waals surface area contributed by atoms with Crippen molar-refractivity contribution in [2.24, 2.45) is 0 Å². The van der Waals surface area contributed by atoms with Gasteiger partial charge in [-0.3, -0.25) is 0 Å². The molecule has 2 nitrogen and oxygen atoms in total. The molecule has 0 saturated heterocycles. The number of hydrogen-bond donors (Lipinski definition) is 0. The van der Waals surface area contributed by atoms with E-state index in [4.69, 9.17) is 10.00 Å². The van der Waals surface area contributed by atoms with E-state index in [0.717, 1.165) is 5.56 Å². The zero-order chi connectivity index (χ0) is 12.5. The van der Waals surface area contributed by atoms with Crippen LogP contribution in [0.1, 0.15) is 11.1 Å². The summed E-state index contributed by atoms with van der Waals surface area (Å²) in [6.07, 6.45) is 6.42. The molecule has 0 heterocycles. The number of hydrogen-bond acceptors (Lipinski definition) is 2. The minimum Gasteiger partial charge on any atom is -0.497 e.